The number of nitriles is 1. The molecule has 0 radical (unpaired) electrons. The summed E-state index contributed by atoms with van der Waals surface area (Å²) < 4.78 is 31.4. The monoisotopic (exact) mass is 235 g/mol. The number of ether oxygens (including phenoxy) is 2. The zero-order valence-electron chi connectivity index (χ0n) is 8.43. The van der Waals surface area contributed by atoms with E-state index in [1.165, 1.54) is 6.07 Å². The van der Waals surface area contributed by atoms with Crippen molar-refractivity contribution in [3.05, 3.63) is 0 Å². The van der Waals surface area contributed by atoms with Gasteiger partial charge in [0, 0.05) is 6.61 Å². The van der Waals surface area contributed by atoms with Gasteiger partial charge >= 0.3 is 5.97 Å². The van der Waals surface area contributed by atoms with E-state index in [1.807, 2.05) is 0 Å². The van der Waals surface area contributed by atoms with Gasteiger partial charge in [-0.05, 0) is 6.92 Å². The number of sulfone groups is 1. The van der Waals surface area contributed by atoms with Gasteiger partial charge in [-0.2, -0.15) is 5.26 Å². The molecule has 0 aliphatic heterocycles. The van der Waals surface area contributed by atoms with Crippen molar-refractivity contribution in [1.82, 2.24) is 0 Å². The zero-order valence-corrected chi connectivity index (χ0v) is 9.25. The SMILES string of the molecule is CCOCCOC(=O)CS(=O)(=O)CC#N. The van der Waals surface area contributed by atoms with Gasteiger partial charge in [-0.1, -0.05) is 0 Å². The number of esters is 1. The van der Waals surface area contributed by atoms with Gasteiger partial charge in [-0.3, -0.25) is 4.79 Å². The summed E-state index contributed by atoms with van der Waals surface area (Å²) in [5, 5.41) is 8.16. The average Bonchev–Trinajstić information content (AvgIpc) is 2.11. The second-order valence-corrected chi connectivity index (χ2v) is 4.67. The van der Waals surface area contributed by atoms with Crippen molar-refractivity contribution >= 4 is 15.8 Å². The fourth-order valence-electron chi connectivity index (χ4n) is 0.729. The van der Waals surface area contributed by atoms with Gasteiger partial charge in [-0.25, -0.2) is 8.42 Å². The van der Waals surface area contributed by atoms with Crippen molar-refractivity contribution in [2.24, 2.45) is 0 Å². The van der Waals surface area contributed by atoms with E-state index in [-0.39, 0.29) is 13.2 Å². The molecule has 0 aliphatic rings. The maximum Gasteiger partial charge on any atom is 0.321 e. The van der Waals surface area contributed by atoms with Crippen LogP contribution in [0.5, 0.6) is 0 Å². The molecular weight excluding hydrogens is 222 g/mol. The molecule has 0 saturated heterocycles. The first-order valence-electron chi connectivity index (χ1n) is 4.32. The molecule has 0 heterocycles. The molecule has 7 heteroatoms. The van der Waals surface area contributed by atoms with Crippen molar-refractivity contribution in [1.29, 1.82) is 5.26 Å². The number of nitrogens with zero attached hydrogens (tertiary/aromatic N) is 1. The van der Waals surface area contributed by atoms with Gasteiger partial charge in [0.1, 0.15) is 18.1 Å². The largest absolute Gasteiger partial charge is 0.462 e. The second kappa shape index (κ2) is 7.20. The summed E-state index contributed by atoms with van der Waals surface area (Å²) in [4.78, 5) is 10.9. The molecule has 0 aromatic carbocycles. The Morgan fingerprint density at radius 2 is 2.07 bits per heavy atom. The van der Waals surface area contributed by atoms with Crippen molar-refractivity contribution < 1.29 is 22.7 Å². The number of hydrogen-bond acceptors (Lipinski definition) is 6. The lowest BCUT2D eigenvalue weighted by Crippen LogP contribution is -2.21. The summed E-state index contributed by atoms with van der Waals surface area (Å²) in [6.45, 7) is 2.55. The Morgan fingerprint density at radius 3 is 2.60 bits per heavy atom. The minimum atomic E-state index is -3.65. The summed E-state index contributed by atoms with van der Waals surface area (Å²) in [7, 11) is -3.65. The maximum atomic E-state index is 11.0. The number of carbonyl (C=O) groups excluding carboxylic acids is 1. The average molecular weight is 235 g/mol. The predicted octanol–water partition coefficient (Wildman–Crippen LogP) is -0.496. The van der Waals surface area contributed by atoms with Crippen molar-refractivity contribution in [2.45, 2.75) is 6.92 Å². The summed E-state index contributed by atoms with van der Waals surface area (Å²) >= 11 is 0. The van der Waals surface area contributed by atoms with Gasteiger partial charge in [-0.15, -0.1) is 0 Å². The van der Waals surface area contributed by atoms with Crippen LogP contribution in [0.2, 0.25) is 0 Å². The van der Waals surface area contributed by atoms with Gasteiger partial charge < -0.3 is 9.47 Å². The normalized spacial score (nSPS) is 10.7. The standard InChI is InChI=1S/C8H13NO5S/c1-2-13-4-5-14-8(10)7-15(11,12)6-3-9/h2,4-7H2,1H3. The summed E-state index contributed by atoms with van der Waals surface area (Å²) in [5.41, 5.74) is 0. The van der Waals surface area contributed by atoms with Crippen LogP contribution in [0.25, 0.3) is 0 Å². The number of carbonyl (C=O) groups is 1. The van der Waals surface area contributed by atoms with Crippen LogP contribution in [0.1, 0.15) is 6.92 Å². The lowest BCUT2D eigenvalue weighted by molar-refractivity contribution is -0.142. The van der Waals surface area contributed by atoms with Gasteiger partial charge in [0.05, 0.1) is 12.7 Å². The first-order valence-corrected chi connectivity index (χ1v) is 6.14. The van der Waals surface area contributed by atoms with E-state index in [0.717, 1.165) is 0 Å². The van der Waals surface area contributed by atoms with E-state index in [2.05, 4.69) is 4.74 Å². The molecule has 0 N–H and O–H groups in total. The van der Waals surface area contributed by atoms with Crippen LogP contribution in [0.3, 0.4) is 0 Å². The first kappa shape index (κ1) is 13.9. The lowest BCUT2D eigenvalue weighted by atomic mass is 10.7. The molecule has 0 unspecified atom stereocenters. The van der Waals surface area contributed by atoms with E-state index in [9.17, 15) is 13.2 Å². The van der Waals surface area contributed by atoms with E-state index in [1.54, 1.807) is 6.92 Å². The third kappa shape index (κ3) is 7.90. The molecule has 6 nitrogen and oxygen atoms in total. The van der Waals surface area contributed by atoms with Gasteiger partial charge in [0.2, 0.25) is 0 Å². The van der Waals surface area contributed by atoms with Crippen molar-refractivity contribution in [2.75, 3.05) is 31.3 Å². The molecule has 0 aromatic rings. The van der Waals surface area contributed by atoms with E-state index in [4.69, 9.17) is 10.00 Å². The number of hydrogen-bond donors (Lipinski definition) is 0. The molecule has 0 aliphatic carbocycles. The quantitative estimate of drug-likeness (QED) is 0.436. The van der Waals surface area contributed by atoms with E-state index >= 15 is 0 Å². The molecule has 0 rings (SSSR count). The lowest BCUT2D eigenvalue weighted by Gasteiger charge is -2.03. The molecule has 0 fully saturated rings. The molecule has 0 spiro atoms. The Labute approximate surface area is 88.7 Å². The summed E-state index contributed by atoms with van der Waals surface area (Å²) in [6, 6.07) is 1.47. The Balaban J connectivity index is 3.80. The highest BCUT2D eigenvalue weighted by Crippen LogP contribution is 1.91. The number of rotatable bonds is 7. The first-order chi connectivity index (χ1) is 7.02. The molecule has 86 valence electrons. The van der Waals surface area contributed by atoms with Crippen molar-refractivity contribution in [3.63, 3.8) is 0 Å². The molecule has 0 amide bonds. The smallest absolute Gasteiger partial charge is 0.321 e. The van der Waals surface area contributed by atoms with Gasteiger partial charge in [0.15, 0.2) is 9.84 Å². The van der Waals surface area contributed by atoms with Crippen LogP contribution < -0.4 is 0 Å². The molecule has 15 heavy (non-hydrogen) atoms. The highest BCUT2D eigenvalue weighted by atomic mass is 32.2. The summed E-state index contributed by atoms with van der Waals surface area (Å²) in [6.07, 6.45) is 0. The third-order valence-corrected chi connectivity index (χ3v) is 2.56. The van der Waals surface area contributed by atoms with E-state index in [0.29, 0.717) is 6.61 Å². The predicted molar refractivity (Wildman–Crippen MR) is 51.7 cm³/mol. The Morgan fingerprint density at radius 1 is 1.40 bits per heavy atom. The van der Waals surface area contributed by atoms with Crippen LogP contribution in [-0.2, 0) is 24.1 Å². The molecular formula is C8H13NO5S. The fourth-order valence-corrected chi connectivity index (χ4v) is 1.47. The van der Waals surface area contributed by atoms with Crippen LogP contribution in [0, 0.1) is 11.3 Å². The fraction of sp³-hybridized carbons (Fsp3) is 0.750. The van der Waals surface area contributed by atoms with Crippen molar-refractivity contribution in [3.8, 4) is 6.07 Å². The Kier molecular flexibility index (Phi) is 6.66. The van der Waals surface area contributed by atoms with E-state index < -0.39 is 27.3 Å². The second-order valence-electron chi connectivity index (χ2n) is 2.61. The zero-order chi connectivity index (χ0) is 11.7. The third-order valence-electron chi connectivity index (χ3n) is 1.32. The van der Waals surface area contributed by atoms with Crippen LogP contribution in [0.15, 0.2) is 0 Å². The van der Waals surface area contributed by atoms with Crippen LogP contribution in [-0.4, -0.2) is 45.7 Å². The highest BCUT2D eigenvalue weighted by molar-refractivity contribution is 7.92. The Hall–Kier alpha value is -1.13. The highest BCUT2D eigenvalue weighted by Gasteiger charge is 2.17. The molecule has 0 saturated carbocycles. The molecule has 0 atom stereocenters. The van der Waals surface area contributed by atoms with Crippen LogP contribution in [0.4, 0.5) is 0 Å². The Bertz CT molecular complexity index is 329. The molecule has 0 bridgehead atoms. The maximum absolute atomic E-state index is 11.0. The minimum Gasteiger partial charge on any atom is -0.462 e. The summed E-state index contributed by atoms with van der Waals surface area (Å²) in [5.74, 6) is -2.29. The van der Waals surface area contributed by atoms with Gasteiger partial charge in [0.25, 0.3) is 0 Å². The topological polar surface area (TPSA) is 93.5 Å². The van der Waals surface area contributed by atoms with Crippen LogP contribution >= 0.6 is 0 Å². The minimum absolute atomic E-state index is 0.0226. The molecule has 0 aromatic heterocycles.